The molecule has 148 valence electrons. The number of nitrogens with zero attached hydrogens (tertiary/aromatic N) is 1. The Labute approximate surface area is 170 Å². The number of ether oxygens (including phenoxy) is 2. The van der Waals surface area contributed by atoms with E-state index in [0.29, 0.717) is 28.6 Å². The van der Waals surface area contributed by atoms with Crippen molar-refractivity contribution < 1.29 is 19.1 Å². The van der Waals surface area contributed by atoms with E-state index < -0.39 is 17.1 Å². The fourth-order valence-corrected chi connectivity index (χ4v) is 3.77. The van der Waals surface area contributed by atoms with E-state index in [1.807, 2.05) is 13.0 Å². The van der Waals surface area contributed by atoms with E-state index >= 15 is 0 Å². The lowest BCUT2D eigenvalue weighted by Gasteiger charge is -2.43. The molecule has 2 heterocycles. The highest BCUT2D eigenvalue weighted by atomic mass is 35.5. The molecule has 1 saturated heterocycles. The van der Waals surface area contributed by atoms with Crippen molar-refractivity contribution in [2.24, 2.45) is 0 Å². The second-order valence-electron chi connectivity index (χ2n) is 7.91. The Morgan fingerprint density at radius 2 is 1.71 bits per heavy atom. The summed E-state index contributed by atoms with van der Waals surface area (Å²) in [6.45, 7) is 8.82. The maximum Gasteiger partial charge on any atom is 0.220 e. The van der Waals surface area contributed by atoms with Crippen LogP contribution in [0, 0.1) is 0 Å². The average Bonchev–Trinajstić information content (AvgIpc) is 2.60. The van der Waals surface area contributed by atoms with E-state index in [-0.39, 0.29) is 11.6 Å². The summed E-state index contributed by atoms with van der Waals surface area (Å²) >= 11 is 5.99. The molecule has 5 nitrogen and oxygen atoms in total. The normalized spacial score (nSPS) is 18.9. The molecule has 0 bridgehead atoms. The summed E-state index contributed by atoms with van der Waals surface area (Å²) < 4.78 is 11.6. The number of halogens is 1. The maximum atomic E-state index is 13.1. The zero-order valence-corrected chi connectivity index (χ0v) is 17.5. The van der Waals surface area contributed by atoms with Crippen LogP contribution in [-0.4, -0.2) is 27.8 Å². The number of ketones is 2. The van der Waals surface area contributed by atoms with Crippen LogP contribution in [0.5, 0.6) is 11.6 Å². The molecule has 1 fully saturated rings. The minimum atomic E-state index is -1.06. The highest BCUT2D eigenvalue weighted by Crippen LogP contribution is 2.40. The molecular formula is C22H24ClNO4. The molecule has 0 amide bonds. The molecule has 0 spiro atoms. The fraction of sp³-hybridized carbons (Fsp3) is 0.409. The first-order valence-corrected chi connectivity index (χ1v) is 9.64. The Morgan fingerprint density at radius 1 is 1.07 bits per heavy atom. The van der Waals surface area contributed by atoms with E-state index in [1.54, 1.807) is 58.2 Å². The molecule has 6 heteroatoms. The Balaban J connectivity index is 2.06. The van der Waals surface area contributed by atoms with E-state index in [1.165, 1.54) is 0 Å². The number of carbonyl (C=O) groups excluding carboxylic acids is 2. The molecule has 0 aliphatic carbocycles. The maximum absolute atomic E-state index is 13.1. The second-order valence-corrected chi connectivity index (χ2v) is 8.35. The van der Waals surface area contributed by atoms with Crippen LogP contribution >= 0.6 is 11.6 Å². The van der Waals surface area contributed by atoms with Crippen LogP contribution in [0.4, 0.5) is 0 Å². The van der Waals surface area contributed by atoms with Crippen LogP contribution in [0.15, 0.2) is 36.5 Å². The number of carbonyl (C=O) groups is 2. The predicted octanol–water partition coefficient (Wildman–Crippen LogP) is 4.90. The summed E-state index contributed by atoms with van der Waals surface area (Å²) in [5.74, 6) is -0.559. The van der Waals surface area contributed by atoms with Gasteiger partial charge in [0.25, 0.3) is 0 Å². The Bertz CT molecular complexity index is 910. The molecule has 2 aromatic rings. The van der Waals surface area contributed by atoms with Crippen LogP contribution in [0.2, 0.25) is 5.02 Å². The van der Waals surface area contributed by atoms with Crippen LogP contribution in [0.25, 0.3) is 0 Å². The van der Waals surface area contributed by atoms with Gasteiger partial charge in [-0.15, -0.1) is 0 Å². The Kier molecular flexibility index (Phi) is 5.34. The van der Waals surface area contributed by atoms with Gasteiger partial charge in [0.1, 0.15) is 22.9 Å². The molecule has 0 atom stereocenters. The number of rotatable bonds is 4. The van der Waals surface area contributed by atoms with Gasteiger partial charge >= 0.3 is 0 Å². The van der Waals surface area contributed by atoms with Crippen LogP contribution < -0.4 is 4.74 Å². The monoisotopic (exact) mass is 401 g/mol. The van der Waals surface area contributed by atoms with Gasteiger partial charge in [0, 0.05) is 17.3 Å². The summed E-state index contributed by atoms with van der Waals surface area (Å²) in [6, 6.07) is 8.69. The van der Waals surface area contributed by atoms with Crippen LogP contribution in [0.3, 0.4) is 0 Å². The first-order valence-electron chi connectivity index (χ1n) is 9.26. The zero-order valence-electron chi connectivity index (χ0n) is 16.7. The third-order valence-electron chi connectivity index (χ3n) is 4.95. The number of hydrogen-bond acceptors (Lipinski definition) is 5. The topological polar surface area (TPSA) is 65.5 Å². The summed E-state index contributed by atoms with van der Waals surface area (Å²) in [7, 11) is 0. The number of hydrogen-bond donors (Lipinski definition) is 0. The predicted molar refractivity (Wildman–Crippen MR) is 107 cm³/mol. The van der Waals surface area contributed by atoms with Gasteiger partial charge in [-0.1, -0.05) is 24.6 Å². The van der Waals surface area contributed by atoms with Gasteiger partial charge < -0.3 is 9.47 Å². The summed E-state index contributed by atoms with van der Waals surface area (Å²) in [6.07, 6.45) is 2.24. The first kappa shape index (κ1) is 20.5. The van der Waals surface area contributed by atoms with E-state index in [9.17, 15) is 9.59 Å². The molecule has 1 aromatic carbocycles. The lowest BCUT2D eigenvalue weighted by atomic mass is 9.73. The van der Waals surface area contributed by atoms with E-state index in [0.717, 1.165) is 5.56 Å². The number of aryl methyl sites for hydroxylation is 1. The molecule has 3 rings (SSSR count). The van der Waals surface area contributed by atoms with Crippen molar-refractivity contribution in [2.75, 3.05) is 0 Å². The van der Waals surface area contributed by atoms with Gasteiger partial charge in [0.15, 0.2) is 11.6 Å². The Morgan fingerprint density at radius 3 is 2.29 bits per heavy atom. The molecule has 1 aromatic heterocycles. The lowest BCUT2D eigenvalue weighted by molar-refractivity contribution is -0.184. The number of aromatic nitrogens is 1. The zero-order chi connectivity index (χ0) is 20.7. The van der Waals surface area contributed by atoms with Gasteiger partial charge in [-0.3, -0.25) is 9.59 Å². The van der Waals surface area contributed by atoms with Crippen molar-refractivity contribution in [3.63, 3.8) is 0 Å². The lowest BCUT2D eigenvalue weighted by Crippen LogP contribution is -2.58. The molecule has 0 unspecified atom stereocenters. The van der Waals surface area contributed by atoms with Crippen LogP contribution in [0.1, 0.15) is 51.7 Å². The fourth-order valence-electron chi connectivity index (χ4n) is 3.62. The summed E-state index contributed by atoms with van der Waals surface area (Å²) in [5.41, 5.74) is -0.537. The van der Waals surface area contributed by atoms with Gasteiger partial charge in [-0.2, -0.15) is 0 Å². The summed E-state index contributed by atoms with van der Waals surface area (Å²) in [4.78, 5) is 30.4. The third kappa shape index (κ3) is 3.82. The van der Waals surface area contributed by atoms with E-state index in [2.05, 4.69) is 4.98 Å². The second kappa shape index (κ2) is 7.30. The van der Waals surface area contributed by atoms with Crippen molar-refractivity contribution in [2.45, 2.75) is 58.2 Å². The van der Waals surface area contributed by atoms with Crippen molar-refractivity contribution in [1.29, 1.82) is 0 Å². The molecule has 28 heavy (non-hydrogen) atoms. The average molecular weight is 402 g/mol. The van der Waals surface area contributed by atoms with Gasteiger partial charge in [-0.25, -0.2) is 4.98 Å². The molecule has 0 saturated carbocycles. The quantitative estimate of drug-likeness (QED) is 0.682. The smallest absolute Gasteiger partial charge is 0.220 e. The van der Waals surface area contributed by atoms with E-state index in [4.69, 9.17) is 21.1 Å². The molecule has 0 N–H and O–H groups in total. The third-order valence-corrected chi connectivity index (χ3v) is 5.19. The van der Waals surface area contributed by atoms with Gasteiger partial charge in [-0.05, 0) is 63.4 Å². The van der Waals surface area contributed by atoms with Crippen molar-refractivity contribution in [3.8, 4) is 11.6 Å². The highest BCUT2D eigenvalue weighted by molar-refractivity contribution is 6.30. The molecule has 1 aliphatic heterocycles. The Hall–Kier alpha value is -2.24. The SMILES string of the molecule is CCc1ccc(Oc2cc(Cl)ccn2)cc1C1C(=O)C(C)(C)OC(C)(C)C1=O. The van der Waals surface area contributed by atoms with Crippen molar-refractivity contribution >= 4 is 23.2 Å². The molecule has 1 aliphatic rings. The van der Waals surface area contributed by atoms with Crippen molar-refractivity contribution in [1.82, 2.24) is 4.98 Å². The summed E-state index contributed by atoms with van der Waals surface area (Å²) in [5, 5.41) is 0.508. The van der Waals surface area contributed by atoms with Gasteiger partial charge in [0.05, 0.1) is 0 Å². The van der Waals surface area contributed by atoms with Gasteiger partial charge in [0.2, 0.25) is 5.88 Å². The number of benzene rings is 1. The molecular weight excluding hydrogens is 378 g/mol. The standard InChI is InChI=1S/C22H24ClNO4/c1-6-13-7-8-15(27-17-11-14(23)9-10-24-17)12-16(13)18-19(25)21(2,3)28-22(4,5)20(18)26/h7-12,18H,6H2,1-5H3. The number of Topliss-reactive ketones (excluding diaryl/α,β-unsaturated/α-hetero) is 2. The van der Waals surface area contributed by atoms with Crippen molar-refractivity contribution in [3.05, 3.63) is 52.7 Å². The minimum Gasteiger partial charge on any atom is -0.439 e. The van der Waals surface area contributed by atoms with Crippen LogP contribution in [-0.2, 0) is 20.7 Å². The first-order chi connectivity index (χ1) is 13.0. The highest BCUT2D eigenvalue weighted by Gasteiger charge is 2.53. The number of pyridine rings is 1. The minimum absolute atomic E-state index is 0.246. The molecule has 0 radical (unpaired) electrons. The largest absolute Gasteiger partial charge is 0.439 e.